The number of methoxy groups -OCH3 is 1. The van der Waals surface area contributed by atoms with E-state index >= 15 is 0 Å². The zero-order chi connectivity index (χ0) is 9.68. The quantitative estimate of drug-likeness (QED) is 0.644. The van der Waals surface area contributed by atoms with Gasteiger partial charge in [-0.05, 0) is 7.05 Å². The molecule has 1 aromatic heterocycles. The molecule has 0 aliphatic heterocycles. The van der Waals surface area contributed by atoms with Crippen molar-refractivity contribution in [2.75, 3.05) is 20.7 Å². The molecular formula is C7H11N3O3. The molecule has 13 heavy (non-hydrogen) atoms. The third-order valence-corrected chi connectivity index (χ3v) is 1.42. The monoisotopic (exact) mass is 185 g/mol. The summed E-state index contributed by atoms with van der Waals surface area (Å²) < 4.78 is 9.40. The number of aromatic nitrogens is 2. The Bertz CT molecular complexity index is 284. The molecule has 0 bridgehead atoms. The third-order valence-electron chi connectivity index (χ3n) is 1.42. The predicted octanol–water partition coefficient (Wildman–Crippen LogP) is -0.382. The molecule has 72 valence electrons. The fraction of sp³-hybridized carbons (Fsp3) is 0.571. The van der Waals surface area contributed by atoms with Gasteiger partial charge < -0.3 is 14.5 Å². The Morgan fingerprint density at radius 3 is 3.00 bits per heavy atom. The maximum atomic E-state index is 10.9. The highest BCUT2D eigenvalue weighted by Crippen LogP contribution is 2.01. The van der Waals surface area contributed by atoms with Crippen molar-refractivity contribution < 1.29 is 13.9 Å². The summed E-state index contributed by atoms with van der Waals surface area (Å²) >= 11 is 0. The second-order valence-corrected chi connectivity index (χ2v) is 2.35. The molecule has 1 rings (SSSR count). The Morgan fingerprint density at radius 2 is 2.38 bits per heavy atom. The predicted molar refractivity (Wildman–Crippen MR) is 43.3 cm³/mol. The van der Waals surface area contributed by atoms with Crippen LogP contribution in [0.1, 0.15) is 16.6 Å². The minimum Gasteiger partial charge on any atom is -0.462 e. The minimum atomic E-state index is -0.608. The van der Waals surface area contributed by atoms with Crippen LogP contribution in [0.2, 0.25) is 0 Å². The van der Waals surface area contributed by atoms with Crippen LogP contribution in [0.25, 0.3) is 0 Å². The molecule has 0 aliphatic carbocycles. The van der Waals surface area contributed by atoms with Crippen LogP contribution in [-0.2, 0) is 11.2 Å². The highest BCUT2D eigenvalue weighted by molar-refractivity contribution is 5.83. The average molecular weight is 185 g/mol. The normalized spacial score (nSPS) is 10.0. The van der Waals surface area contributed by atoms with E-state index < -0.39 is 5.97 Å². The Balaban J connectivity index is 2.58. The number of carbonyl (C=O) groups is 1. The SMILES string of the molecule is CNCCc1nnc(C(=O)OC)o1. The number of nitrogens with one attached hydrogen (secondary N) is 1. The summed E-state index contributed by atoms with van der Waals surface area (Å²) in [7, 11) is 3.08. The van der Waals surface area contributed by atoms with Crippen LogP contribution in [0.15, 0.2) is 4.42 Å². The van der Waals surface area contributed by atoms with Crippen LogP contribution in [0.5, 0.6) is 0 Å². The van der Waals surface area contributed by atoms with E-state index in [-0.39, 0.29) is 5.89 Å². The summed E-state index contributed by atoms with van der Waals surface area (Å²) in [6.45, 7) is 0.725. The van der Waals surface area contributed by atoms with Crippen LogP contribution in [0.3, 0.4) is 0 Å². The van der Waals surface area contributed by atoms with Gasteiger partial charge in [-0.15, -0.1) is 10.2 Å². The number of esters is 1. The molecule has 6 heteroatoms. The second kappa shape index (κ2) is 4.56. The van der Waals surface area contributed by atoms with Gasteiger partial charge in [-0.1, -0.05) is 0 Å². The Morgan fingerprint density at radius 1 is 1.62 bits per heavy atom. The molecule has 1 N–H and O–H groups in total. The number of hydrogen-bond acceptors (Lipinski definition) is 6. The smallest absolute Gasteiger partial charge is 0.396 e. The largest absolute Gasteiger partial charge is 0.462 e. The molecule has 0 unspecified atom stereocenters. The van der Waals surface area contributed by atoms with Gasteiger partial charge in [0.1, 0.15) is 0 Å². The molecule has 0 spiro atoms. The molecule has 0 fully saturated rings. The van der Waals surface area contributed by atoms with Crippen LogP contribution in [-0.4, -0.2) is 36.9 Å². The summed E-state index contributed by atoms with van der Waals surface area (Å²) in [5.74, 6) is -0.286. The number of carbonyl (C=O) groups excluding carboxylic acids is 1. The van der Waals surface area contributed by atoms with Gasteiger partial charge in [0.25, 0.3) is 0 Å². The van der Waals surface area contributed by atoms with E-state index in [9.17, 15) is 4.79 Å². The lowest BCUT2D eigenvalue weighted by molar-refractivity contribution is 0.0554. The highest BCUT2D eigenvalue weighted by atomic mass is 16.5. The standard InChI is InChI=1S/C7H11N3O3/c1-8-4-3-5-9-10-6(13-5)7(11)12-2/h8H,3-4H2,1-2H3. The average Bonchev–Trinajstić information content (AvgIpc) is 2.62. The first-order valence-corrected chi connectivity index (χ1v) is 3.83. The van der Waals surface area contributed by atoms with Crippen LogP contribution in [0, 0.1) is 0 Å². The summed E-state index contributed by atoms with van der Waals surface area (Å²) in [5, 5.41) is 10.1. The van der Waals surface area contributed by atoms with Gasteiger partial charge >= 0.3 is 11.9 Å². The number of ether oxygens (including phenoxy) is 1. The number of rotatable bonds is 4. The summed E-state index contributed by atoms with van der Waals surface area (Å²) in [6.07, 6.45) is 0.598. The number of likely N-dealkylation sites (N-methyl/N-ethyl adjacent to an activating group) is 1. The van der Waals surface area contributed by atoms with Crippen molar-refractivity contribution >= 4 is 5.97 Å². The zero-order valence-corrected chi connectivity index (χ0v) is 7.53. The van der Waals surface area contributed by atoms with Gasteiger partial charge in [0.05, 0.1) is 7.11 Å². The van der Waals surface area contributed by atoms with Crippen molar-refractivity contribution in [3.05, 3.63) is 11.8 Å². The van der Waals surface area contributed by atoms with Crippen LogP contribution in [0.4, 0.5) is 0 Å². The fourth-order valence-electron chi connectivity index (χ4n) is 0.756. The summed E-state index contributed by atoms with van der Waals surface area (Å²) in [5.41, 5.74) is 0. The van der Waals surface area contributed by atoms with Gasteiger partial charge in [0, 0.05) is 13.0 Å². The zero-order valence-electron chi connectivity index (χ0n) is 7.53. The van der Waals surface area contributed by atoms with Crippen molar-refractivity contribution in [2.24, 2.45) is 0 Å². The van der Waals surface area contributed by atoms with Gasteiger partial charge in [-0.3, -0.25) is 0 Å². The van der Waals surface area contributed by atoms with E-state index in [0.29, 0.717) is 12.3 Å². The molecular weight excluding hydrogens is 174 g/mol. The molecule has 0 amide bonds. The van der Waals surface area contributed by atoms with E-state index in [2.05, 4.69) is 20.3 Å². The Hall–Kier alpha value is -1.43. The van der Waals surface area contributed by atoms with Gasteiger partial charge in [-0.2, -0.15) is 0 Å². The topological polar surface area (TPSA) is 77.2 Å². The molecule has 0 aromatic carbocycles. The van der Waals surface area contributed by atoms with Gasteiger partial charge in [0.15, 0.2) is 0 Å². The molecule has 0 saturated carbocycles. The third kappa shape index (κ3) is 2.51. The maximum absolute atomic E-state index is 10.9. The first-order valence-electron chi connectivity index (χ1n) is 3.83. The maximum Gasteiger partial charge on any atom is 0.396 e. The lowest BCUT2D eigenvalue weighted by Crippen LogP contribution is -2.10. The minimum absolute atomic E-state index is 0.103. The molecule has 0 radical (unpaired) electrons. The van der Waals surface area contributed by atoms with E-state index in [1.54, 1.807) is 0 Å². The molecule has 1 heterocycles. The molecule has 0 atom stereocenters. The van der Waals surface area contributed by atoms with Crippen molar-refractivity contribution in [2.45, 2.75) is 6.42 Å². The van der Waals surface area contributed by atoms with Crippen molar-refractivity contribution in [3.8, 4) is 0 Å². The molecule has 0 saturated heterocycles. The van der Waals surface area contributed by atoms with E-state index in [0.717, 1.165) is 6.54 Å². The Kier molecular flexibility index (Phi) is 3.39. The lowest BCUT2D eigenvalue weighted by Gasteiger charge is -1.92. The molecule has 1 aromatic rings. The Labute approximate surface area is 75.3 Å². The second-order valence-electron chi connectivity index (χ2n) is 2.35. The summed E-state index contributed by atoms with van der Waals surface area (Å²) in [6, 6.07) is 0. The molecule has 0 aliphatic rings. The van der Waals surface area contributed by atoms with E-state index in [1.807, 2.05) is 7.05 Å². The van der Waals surface area contributed by atoms with Gasteiger partial charge in [-0.25, -0.2) is 4.79 Å². The van der Waals surface area contributed by atoms with Crippen molar-refractivity contribution in [1.82, 2.24) is 15.5 Å². The van der Waals surface area contributed by atoms with Crippen molar-refractivity contribution in [3.63, 3.8) is 0 Å². The van der Waals surface area contributed by atoms with Crippen LogP contribution >= 0.6 is 0 Å². The van der Waals surface area contributed by atoms with Crippen LogP contribution < -0.4 is 5.32 Å². The first kappa shape index (κ1) is 9.66. The fourth-order valence-corrected chi connectivity index (χ4v) is 0.756. The number of hydrogen-bond donors (Lipinski definition) is 1. The first-order chi connectivity index (χ1) is 6.27. The van der Waals surface area contributed by atoms with Crippen molar-refractivity contribution in [1.29, 1.82) is 0 Å². The number of nitrogens with zero attached hydrogens (tertiary/aromatic N) is 2. The molecule has 6 nitrogen and oxygen atoms in total. The van der Waals surface area contributed by atoms with E-state index in [1.165, 1.54) is 7.11 Å². The van der Waals surface area contributed by atoms with Gasteiger partial charge in [0.2, 0.25) is 5.89 Å². The highest BCUT2D eigenvalue weighted by Gasteiger charge is 2.14. The van der Waals surface area contributed by atoms with E-state index in [4.69, 9.17) is 4.42 Å². The lowest BCUT2D eigenvalue weighted by atomic mass is 10.4. The summed E-state index contributed by atoms with van der Waals surface area (Å²) in [4.78, 5) is 10.9.